The summed E-state index contributed by atoms with van der Waals surface area (Å²) in [5.41, 5.74) is 0. The lowest BCUT2D eigenvalue weighted by molar-refractivity contribution is -0.137. The number of nitrogens with one attached hydrogen (secondary N) is 1. The van der Waals surface area contributed by atoms with Gasteiger partial charge in [0.05, 0.1) is 0 Å². The van der Waals surface area contributed by atoms with Crippen LogP contribution in [0.5, 0.6) is 0 Å². The number of carboxylic acids is 1. The maximum absolute atomic E-state index is 10.9. The van der Waals surface area contributed by atoms with Gasteiger partial charge in [0, 0.05) is 19.4 Å². The van der Waals surface area contributed by atoms with Gasteiger partial charge in [0.1, 0.15) is 0 Å². The van der Waals surface area contributed by atoms with Gasteiger partial charge >= 0.3 is 5.97 Å². The molecule has 0 saturated heterocycles. The van der Waals surface area contributed by atoms with E-state index in [1.54, 1.807) is 6.08 Å². The van der Waals surface area contributed by atoms with Crippen LogP contribution in [0.1, 0.15) is 25.7 Å². The summed E-state index contributed by atoms with van der Waals surface area (Å²) in [5, 5.41) is 10.9. The van der Waals surface area contributed by atoms with Gasteiger partial charge in [-0.3, -0.25) is 9.59 Å². The Morgan fingerprint density at radius 3 is 2.46 bits per heavy atom. The van der Waals surface area contributed by atoms with E-state index < -0.39 is 5.97 Å². The molecule has 0 aromatic heterocycles. The van der Waals surface area contributed by atoms with Crippen molar-refractivity contribution in [1.29, 1.82) is 0 Å². The molecule has 0 aromatic carbocycles. The first kappa shape index (κ1) is 11.7. The Kier molecular flexibility index (Phi) is 6.59. The van der Waals surface area contributed by atoms with E-state index in [-0.39, 0.29) is 12.3 Å². The number of carboxylic acid groups (broad SMARTS) is 1. The smallest absolute Gasteiger partial charge is 0.303 e. The predicted molar refractivity (Wildman–Crippen MR) is 49.3 cm³/mol. The van der Waals surface area contributed by atoms with Crippen molar-refractivity contribution in [3.63, 3.8) is 0 Å². The Morgan fingerprint density at radius 1 is 1.31 bits per heavy atom. The number of carbonyl (C=O) groups is 2. The highest BCUT2D eigenvalue weighted by molar-refractivity contribution is 5.76. The van der Waals surface area contributed by atoms with Crippen molar-refractivity contribution in [2.75, 3.05) is 6.54 Å². The van der Waals surface area contributed by atoms with E-state index in [1.807, 2.05) is 0 Å². The van der Waals surface area contributed by atoms with Crippen LogP contribution in [-0.4, -0.2) is 23.5 Å². The fourth-order valence-electron chi connectivity index (χ4n) is 0.836. The first-order chi connectivity index (χ1) is 6.16. The Labute approximate surface area is 77.6 Å². The number of carbonyl (C=O) groups excluding carboxylic acids is 1. The van der Waals surface area contributed by atoms with Crippen molar-refractivity contribution in [1.82, 2.24) is 5.32 Å². The third-order valence-electron chi connectivity index (χ3n) is 1.49. The van der Waals surface area contributed by atoms with Gasteiger partial charge in [0.15, 0.2) is 0 Å². The summed E-state index contributed by atoms with van der Waals surface area (Å²) in [6.45, 7) is 3.93. The van der Waals surface area contributed by atoms with Crippen LogP contribution in [-0.2, 0) is 9.59 Å². The molecular weight excluding hydrogens is 170 g/mol. The van der Waals surface area contributed by atoms with Crippen molar-refractivity contribution in [2.24, 2.45) is 0 Å². The number of hydrogen-bond donors (Lipinski definition) is 2. The molecule has 2 N–H and O–H groups in total. The first-order valence-electron chi connectivity index (χ1n) is 4.26. The van der Waals surface area contributed by atoms with Gasteiger partial charge in [0.2, 0.25) is 5.91 Å². The molecule has 0 unspecified atom stereocenters. The summed E-state index contributed by atoms with van der Waals surface area (Å²) in [4.78, 5) is 21.0. The van der Waals surface area contributed by atoms with Crippen LogP contribution in [0.2, 0.25) is 0 Å². The second kappa shape index (κ2) is 7.34. The molecule has 0 spiro atoms. The Hall–Kier alpha value is -1.32. The van der Waals surface area contributed by atoms with Gasteiger partial charge < -0.3 is 10.4 Å². The summed E-state index contributed by atoms with van der Waals surface area (Å²) in [6.07, 6.45) is 3.30. The molecule has 0 aliphatic rings. The minimum absolute atomic E-state index is 0.0507. The fraction of sp³-hybridized carbons (Fsp3) is 0.556. The van der Waals surface area contributed by atoms with E-state index in [2.05, 4.69) is 11.9 Å². The van der Waals surface area contributed by atoms with Crippen molar-refractivity contribution in [3.8, 4) is 0 Å². The summed E-state index contributed by atoms with van der Waals surface area (Å²) in [7, 11) is 0. The third kappa shape index (κ3) is 8.59. The highest BCUT2D eigenvalue weighted by Crippen LogP contribution is 1.99. The number of rotatable bonds is 7. The van der Waals surface area contributed by atoms with Gasteiger partial charge in [-0.2, -0.15) is 0 Å². The molecule has 13 heavy (non-hydrogen) atoms. The number of aliphatic carboxylic acids is 1. The third-order valence-corrected chi connectivity index (χ3v) is 1.49. The van der Waals surface area contributed by atoms with Crippen LogP contribution in [0.25, 0.3) is 0 Å². The monoisotopic (exact) mass is 185 g/mol. The number of amides is 1. The van der Waals surface area contributed by atoms with Crippen LogP contribution in [0, 0.1) is 0 Å². The SMILES string of the molecule is C=CCNC(=O)CCCCC(=O)O. The Bertz CT molecular complexity index is 189. The minimum atomic E-state index is -0.813. The predicted octanol–water partition coefficient (Wildman–Crippen LogP) is 0.934. The van der Waals surface area contributed by atoms with Gasteiger partial charge in [0.25, 0.3) is 0 Å². The van der Waals surface area contributed by atoms with E-state index in [0.29, 0.717) is 25.8 Å². The Morgan fingerprint density at radius 2 is 1.92 bits per heavy atom. The topological polar surface area (TPSA) is 66.4 Å². The van der Waals surface area contributed by atoms with E-state index in [9.17, 15) is 9.59 Å². The second-order valence-electron chi connectivity index (χ2n) is 2.69. The zero-order valence-electron chi connectivity index (χ0n) is 7.58. The molecule has 0 fully saturated rings. The molecule has 0 aliphatic carbocycles. The average Bonchev–Trinajstić information content (AvgIpc) is 2.08. The quantitative estimate of drug-likeness (QED) is 0.458. The zero-order chi connectivity index (χ0) is 10.1. The van der Waals surface area contributed by atoms with Crippen molar-refractivity contribution in [2.45, 2.75) is 25.7 Å². The molecule has 0 bridgehead atoms. The van der Waals surface area contributed by atoms with Gasteiger partial charge in [-0.25, -0.2) is 0 Å². The van der Waals surface area contributed by atoms with E-state index >= 15 is 0 Å². The van der Waals surface area contributed by atoms with Gasteiger partial charge in [-0.15, -0.1) is 6.58 Å². The molecule has 0 rings (SSSR count). The van der Waals surface area contributed by atoms with Gasteiger partial charge in [-0.05, 0) is 12.8 Å². The fourth-order valence-corrected chi connectivity index (χ4v) is 0.836. The summed E-state index contributed by atoms with van der Waals surface area (Å²) in [6, 6.07) is 0. The summed E-state index contributed by atoms with van der Waals surface area (Å²) in [5.74, 6) is -0.864. The molecule has 0 radical (unpaired) electrons. The molecule has 0 heterocycles. The second-order valence-corrected chi connectivity index (χ2v) is 2.69. The van der Waals surface area contributed by atoms with Crippen LogP contribution in [0.3, 0.4) is 0 Å². The Balaban J connectivity index is 3.26. The molecule has 4 nitrogen and oxygen atoms in total. The van der Waals surface area contributed by atoms with Crippen molar-refractivity contribution >= 4 is 11.9 Å². The molecular formula is C9H15NO3. The van der Waals surface area contributed by atoms with Crippen LogP contribution in [0.15, 0.2) is 12.7 Å². The normalized spacial score (nSPS) is 9.23. The zero-order valence-corrected chi connectivity index (χ0v) is 7.58. The van der Waals surface area contributed by atoms with Gasteiger partial charge in [-0.1, -0.05) is 6.08 Å². The lowest BCUT2D eigenvalue weighted by Gasteiger charge is -2.00. The average molecular weight is 185 g/mol. The molecule has 0 saturated carbocycles. The molecule has 0 atom stereocenters. The summed E-state index contributed by atoms with van der Waals surface area (Å²) < 4.78 is 0. The number of hydrogen-bond acceptors (Lipinski definition) is 2. The number of unbranched alkanes of at least 4 members (excludes halogenated alkanes) is 1. The molecule has 0 aromatic rings. The molecule has 4 heteroatoms. The van der Waals surface area contributed by atoms with Crippen molar-refractivity contribution < 1.29 is 14.7 Å². The minimum Gasteiger partial charge on any atom is -0.481 e. The maximum Gasteiger partial charge on any atom is 0.303 e. The molecule has 74 valence electrons. The standard InChI is InChI=1S/C9H15NO3/c1-2-7-10-8(11)5-3-4-6-9(12)13/h2H,1,3-7H2,(H,10,11)(H,12,13). The van der Waals surface area contributed by atoms with Crippen molar-refractivity contribution in [3.05, 3.63) is 12.7 Å². The lowest BCUT2D eigenvalue weighted by atomic mass is 10.2. The molecule has 0 aliphatic heterocycles. The van der Waals surface area contributed by atoms with Crippen LogP contribution < -0.4 is 5.32 Å². The summed E-state index contributed by atoms with van der Waals surface area (Å²) >= 11 is 0. The lowest BCUT2D eigenvalue weighted by Crippen LogP contribution is -2.22. The molecule has 1 amide bonds. The van der Waals surface area contributed by atoms with Crippen LogP contribution in [0.4, 0.5) is 0 Å². The van der Waals surface area contributed by atoms with E-state index in [0.717, 1.165) is 0 Å². The largest absolute Gasteiger partial charge is 0.481 e. The highest BCUT2D eigenvalue weighted by Gasteiger charge is 2.00. The highest BCUT2D eigenvalue weighted by atomic mass is 16.4. The van der Waals surface area contributed by atoms with E-state index in [4.69, 9.17) is 5.11 Å². The van der Waals surface area contributed by atoms with Crippen LogP contribution >= 0.6 is 0 Å². The van der Waals surface area contributed by atoms with E-state index in [1.165, 1.54) is 0 Å². The maximum atomic E-state index is 10.9. The first-order valence-corrected chi connectivity index (χ1v) is 4.26.